The van der Waals surface area contributed by atoms with E-state index >= 15 is 0 Å². The number of esters is 2. The minimum absolute atomic E-state index is 0.410. The van der Waals surface area contributed by atoms with Gasteiger partial charge >= 0.3 is 11.9 Å². The predicted octanol–water partition coefficient (Wildman–Crippen LogP) is 10.2. The number of aryl methyl sites for hydroxylation is 1. The van der Waals surface area contributed by atoms with Crippen LogP contribution < -0.4 is 28.4 Å². The van der Waals surface area contributed by atoms with E-state index in [2.05, 4.69) is 35.4 Å². The average molecular weight is 724 g/mol. The third-order valence-corrected chi connectivity index (χ3v) is 9.20. The van der Waals surface area contributed by atoms with Gasteiger partial charge in [0, 0.05) is 31.9 Å². The van der Waals surface area contributed by atoms with Gasteiger partial charge in [-0.05, 0) is 91.6 Å². The van der Waals surface area contributed by atoms with Crippen molar-refractivity contribution < 1.29 is 33.1 Å². The van der Waals surface area contributed by atoms with E-state index in [1.165, 1.54) is 51.4 Å². The molecule has 8 heteroatoms. The van der Waals surface area contributed by atoms with Gasteiger partial charge in [-0.15, -0.1) is 0 Å². The molecule has 0 bridgehead atoms. The molecule has 0 atom stereocenters. The SMILES string of the molecule is CCCCCCCCOc1ccc(C(=O)Oc2ccc(OC(=O)c3ccc(OCC[n+]4ccc(N(C)C)cc4)cc3)c(CCCCCCCC)c2)cc1. The Labute approximate surface area is 317 Å². The molecule has 0 amide bonds. The molecule has 8 nitrogen and oxygen atoms in total. The van der Waals surface area contributed by atoms with Crippen LogP contribution in [0.5, 0.6) is 23.0 Å². The monoisotopic (exact) mass is 723 g/mol. The summed E-state index contributed by atoms with van der Waals surface area (Å²) in [7, 11) is 4.03. The number of benzene rings is 3. The summed E-state index contributed by atoms with van der Waals surface area (Å²) in [5.41, 5.74) is 2.83. The zero-order valence-corrected chi connectivity index (χ0v) is 32.3. The van der Waals surface area contributed by atoms with Crippen molar-refractivity contribution in [1.82, 2.24) is 0 Å². The fraction of sp³-hybridized carbons (Fsp3) is 0.444. The highest BCUT2D eigenvalue weighted by Gasteiger charge is 2.16. The topological polar surface area (TPSA) is 78.2 Å². The third kappa shape index (κ3) is 14.6. The molecule has 1 aromatic heterocycles. The number of hydrogen-bond donors (Lipinski definition) is 0. The molecule has 0 radical (unpaired) electrons. The number of carbonyl (C=O) groups is 2. The molecule has 284 valence electrons. The summed E-state index contributed by atoms with van der Waals surface area (Å²) >= 11 is 0. The van der Waals surface area contributed by atoms with Crippen LogP contribution in [0.1, 0.15) is 117 Å². The highest BCUT2D eigenvalue weighted by Crippen LogP contribution is 2.28. The van der Waals surface area contributed by atoms with Crippen molar-refractivity contribution in [2.45, 2.75) is 104 Å². The van der Waals surface area contributed by atoms with Crippen LogP contribution in [0.25, 0.3) is 0 Å². The lowest BCUT2D eigenvalue weighted by molar-refractivity contribution is -0.697. The average Bonchev–Trinajstić information content (AvgIpc) is 3.17. The van der Waals surface area contributed by atoms with Crippen LogP contribution in [0, 0.1) is 0 Å². The van der Waals surface area contributed by atoms with E-state index < -0.39 is 11.9 Å². The first-order valence-electron chi connectivity index (χ1n) is 19.6. The van der Waals surface area contributed by atoms with E-state index in [-0.39, 0.29) is 0 Å². The zero-order valence-electron chi connectivity index (χ0n) is 32.3. The van der Waals surface area contributed by atoms with Crippen molar-refractivity contribution >= 4 is 17.6 Å². The molecule has 4 aromatic rings. The lowest BCUT2D eigenvalue weighted by Crippen LogP contribution is -2.35. The number of carbonyl (C=O) groups excluding carboxylic acids is 2. The van der Waals surface area contributed by atoms with Crippen LogP contribution in [0.3, 0.4) is 0 Å². The molecule has 0 aliphatic rings. The van der Waals surface area contributed by atoms with Gasteiger partial charge in [-0.3, -0.25) is 0 Å². The van der Waals surface area contributed by atoms with Crippen molar-refractivity contribution in [3.8, 4) is 23.0 Å². The first kappa shape index (κ1) is 40.9. The van der Waals surface area contributed by atoms with E-state index in [0.717, 1.165) is 42.7 Å². The molecule has 0 aliphatic carbocycles. The van der Waals surface area contributed by atoms with E-state index in [0.29, 0.717) is 54.6 Å². The summed E-state index contributed by atoms with van der Waals surface area (Å²) in [5.74, 6) is 1.38. The number of anilines is 1. The van der Waals surface area contributed by atoms with Gasteiger partial charge < -0.3 is 23.8 Å². The molecule has 0 saturated heterocycles. The van der Waals surface area contributed by atoms with Crippen LogP contribution in [0.2, 0.25) is 0 Å². The smallest absolute Gasteiger partial charge is 0.343 e. The fourth-order valence-corrected chi connectivity index (χ4v) is 5.95. The van der Waals surface area contributed by atoms with Gasteiger partial charge in [0.15, 0.2) is 18.9 Å². The molecule has 3 aromatic carbocycles. The minimum Gasteiger partial charge on any atom is -0.494 e. The quantitative estimate of drug-likeness (QED) is 0.0308. The maximum absolute atomic E-state index is 13.2. The number of unbranched alkanes of at least 4 members (excludes halogenated alkanes) is 10. The summed E-state index contributed by atoms with van der Waals surface area (Å²) in [6.45, 7) is 6.29. The van der Waals surface area contributed by atoms with Crippen molar-refractivity contribution in [3.05, 3.63) is 108 Å². The molecule has 0 saturated carbocycles. The van der Waals surface area contributed by atoms with E-state index in [4.69, 9.17) is 18.9 Å². The van der Waals surface area contributed by atoms with Gasteiger partial charge in [0.25, 0.3) is 0 Å². The Morgan fingerprint density at radius 1 is 0.566 bits per heavy atom. The van der Waals surface area contributed by atoms with Crippen molar-refractivity contribution in [2.75, 3.05) is 32.2 Å². The molecule has 53 heavy (non-hydrogen) atoms. The normalized spacial score (nSPS) is 10.9. The van der Waals surface area contributed by atoms with E-state index in [9.17, 15) is 9.59 Å². The fourth-order valence-electron chi connectivity index (χ4n) is 5.95. The number of ether oxygens (including phenoxy) is 4. The standard InChI is InChI=1S/C45H59N2O6/c1-5-7-9-11-13-15-17-38-35-42(52-44(48)36-18-22-40(23-19-36)50-33-16-14-12-10-8-6-2)26-27-43(38)53-45(49)37-20-24-41(25-21-37)51-34-32-47-30-28-39(29-31-47)46(3)4/h18-31,35H,5-17,32-34H2,1-4H3/q+1. The summed E-state index contributed by atoms with van der Waals surface area (Å²) in [5, 5.41) is 0. The number of rotatable bonds is 24. The lowest BCUT2D eigenvalue weighted by Gasteiger charge is -2.13. The van der Waals surface area contributed by atoms with Gasteiger partial charge in [0.1, 0.15) is 29.6 Å². The number of aromatic nitrogens is 1. The largest absolute Gasteiger partial charge is 0.494 e. The Kier molecular flexibility index (Phi) is 17.7. The van der Waals surface area contributed by atoms with Crippen molar-refractivity contribution in [3.63, 3.8) is 0 Å². The number of hydrogen-bond acceptors (Lipinski definition) is 7. The van der Waals surface area contributed by atoms with Crippen LogP contribution in [0.15, 0.2) is 91.3 Å². The van der Waals surface area contributed by atoms with E-state index in [1.807, 2.05) is 44.7 Å². The molecular weight excluding hydrogens is 665 g/mol. The van der Waals surface area contributed by atoms with Gasteiger partial charge in [0.05, 0.1) is 17.7 Å². The molecule has 0 N–H and O–H groups in total. The van der Waals surface area contributed by atoms with Crippen LogP contribution in [-0.4, -0.2) is 39.2 Å². The Hall–Kier alpha value is -4.85. The van der Waals surface area contributed by atoms with Crippen molar-refractivity contribution in [1.29, 1.82) is 0 Å². The molecule has 0 unspecified atom stereocenters. The molecule has 0 spiro atoms. The second-order valence-electron chi connectivity index (χ2n) is 13.8. The van der Waals surface area contributed by atoms with Gasteiger partial charge in [-0.1, -0.05) is 78.1 Å². The predicted molar refractivity (Wildman–Crippen MR) is 212 cm³/mol. The molecular formula is C45H59N2O6+. The van der Waals surface area contributed by atoms with Gasteiger partial charge in [-0.2, -0.15) is 0 Å². The van der Waals surface area contributed by atoms with Crippen LogP contribution in [0.4, 0.5) is 5.69 Å². The highest BCUT2D eigenvalue weighted by atomic mass is 16.5. The Balaban J connectivity index is 1.32. The number of nitrogens with zero attached hydrogens (tertiary/aromatic N) is 2. The molecule has 0 aliphatic heterocycles. The molecule has 0 fully saturated rings. The summed E-state index contributed by atoms with van der Waals surface area (Å²) in [6.07, 6.45) is 18.8. The highest BCUT2D eigenvalue weighted by molar-refractivity contribution is 5.92. The van der Waals surface area contributed by atoms with Crippen molar-refractivity contribution in [2.24, 2.45) is 0 Å². The lowest BCUT2D eigenvalue weighted by atomic mass is 10.0. The summed E-state index contributed by atoms with van der Waals surface area (Å²) in [4.78, 5) is 28.4. The maximum atomic E-state index is 13.2. The minimum atomic E-state index is -0.458. The number of pyridine rings is 1. The third-order valence-electron chi connectivity index (χ3n) is 9.20. The van der Waals surface area contributed by atoms with Gasteiger partial charge in [0.2, 0.25) is 0 Å². The maximum Gasteiger partial charge on any atom is 0.343 e. The first-order valence-corrected chi connectivity index (χ1v) is 19.6. The second-order valence-corrected chi connectivity index (χ2v) is 13.8. The molecule has 1 heterocycles. The first-order chi connectivity index (χ1) is 25.9. The summed E-state index contributed by atoms with van der Waals surface area (Å²) < 4.78 is 25.6. The second kappa shape index (κ2) is 22.9. The van der Waals surface area contributed by atoms with Crippen LogP contribution >= 0.6 is 0 Å². The van der Waals surface area contributed by atoms with Crippen LogP contribution in [-0.2, 0) is 13.0 Å². The molecule has 4 rings (SSSR count). The Morgan fingerprint density at radius 2 is 1.08 bits per heavy atom. The summed E-state index contributed by atoms with van der Waals surface area (Å²) in [6, 6.07) is 23.4. The Morgan fingerprint density at radius 3 is 1.66 bits per heavy atom. The van der Waals surface area contributed by atoms with E-state index in [1.54, 1.807) is 48.5 Å². The Bertz CT molecular complexity index is 1650. The van der Waals surface area contributed by atoms with Gasteiger partial charge in [-0.25, -0.2) is 14.2 Å². The zero-order chi connectivity index (χ0) is 37.7.